The third-order valence-electron chi connectivity index (χ3n) is 5.44. The van der Waals surface area contributed by atoms with Crippen molar-refractivity contribution in [2.75, 3.05) is 0 Å². The second-order valence-corrected chi connectivity index (χ2v) is 6.96. The topological polar surface area (TPSA) is 60.7 Å². The number of carbonyl (C=O) groups is 1. The molecule has 1 saturated carbocycles. The smallest absolute Gasteiger partial charge is 0.184 e. The number of ketones is 1. The van der Waals surface area contributed by atoms with E-state index >= 15 is 0 Å². The van der Waals surface area contributed by atoms with E-state index in [-0.39, 0.29) is 18.0 Å². The van der Waals surface area contributed by atoms with Gasteiger partial charge < -0.3 is 0 Å². The molecule has 1 fully saturated rings. The Labute approximate surface area is 143 Å². The maximum absolute atomic E-state index is 13.5. The summed E-state index contributed by atoms with van der Waals surface area (Å²) in [5.41, 5.74) is 2.91. The number of nitrogens with zero attached hydrogens (tertiary/aromatic N) is 4. The summed E-state index contributed by atoms with van der Waals surface area (Å²) < 4.78 is 15.5. The second kappa shape index (κ2) is 5.44. The van der Waals surface area contributed by atoms with Crippen molar-refractivity contribution >= 4 is 16.8 Å². The minimum absolute atomic E-state index is 0.0502. The quantitative estimate of drug-likeness (QED) is 0.720. The molecule has 0 spiro atoms. The number of hydrogen-bond donors (Lipinski definition) is 0. The van der Waals surface area contributed by atoms with Crippen molar-refractivity contribution in [3.05, 3.63) is 53.4 Å². The van der Waals surface area contributed by atoms with Gasteiger partial charge in [-0.25, -0.2) is 14.4 Å². The Balaban J connectivity index is 1.65. The highest BCUT2D eigenvalue weighted by atomic mass is 19.1. The van der Waals surface area contributed by atoms with Crippen LogP contribution < -0.4 is 0 Å². The molecule has 3 aromatic rings. The van der Waals surface area contributed by atoms with Gasteiger partial charge in [-0.2, -0.15) is 5.10 Å². The van der Waals surface area contributed by atoms with E-state index in [1.54, 1.807) is 6.07 Å². The normalized spacial score (nSPS) is 20.5. The Hall–Kier alpha value is -2.63. The summed E-state index contributed by atoms with van der Waals surface area (Å²) in [6.45, 7) is 0. The SMILES string of the molecule is O=C1Cc2cc(F)ccc2C1c1ncnc2nn(C3CCCC3)cc12. The molecule has 0 radical (unpaired) electrons. The van der Waals surface area contributed by atoms with Gasteiger partial charge in [0, 0.05) is 12.6 Å². The molecule has 2 aromatic heterocycles. The van der Waals surface area contributed by atoms with Gasteiger partial charge in [-0.1, -0.05) is 18.9 Å². The van der Waals surface area contributed by atoms with Crippen LogP contribution in [-0.4, -0.2) is 25.5 Å². The first-order valence-electron chi connectivity index (χ1n) is 8.71. The number of Topliss-reactive ketones (excluding diaryl/α,β-unsaturated/α-hetero) is 1. The number of aromatic nitrogens is 4. The number of rotatable bonds is 2. The molecule has 6 heteroatoms. The summed E-state index contributed by atoms with van der Waals surface area (Å²) in [6, 6.07) is 4.97. The molecule has 0 amide bonds. The summed E-state index contributed by atoms with van der Waals surface area (Å²) in [5.74, 6) is -0.717. The van der Waals surface area contributed by atoms with E-state index in [0.29, 0.717) is 17.4 Å². The molecular formula is C19H17FN4O. The maximum Gasteiger partial charge on any atom is 0.184 e. The highest BCUT2D eigenvalue weighted by molar-refractivity contribution is 5.98. The average molecular weight is 336 g/mol. The predicted molar refractivity (Wildman–Crippen MR) is 89.8 cm³/mol. The molecule has 25 heavy (non-hydrogen) atoms. The Morgan fingerprint density at radius 2 is 2.00 bits per heavy atom. The van der Waals surface area contributed by atoms with Crippen LogP contribution in [0.2, 0.25) is 0 Å². The van der Waals surface area contributed by atoms with Crippen LogP contribution >= 0.6 is 0 Å². The zero-order valence-corrected chi connectivity index (χ0v) is 13.7. The molecule has 0 N–H and O–H groups in total. The monoisotopic (exact) mass is 336 g/mol. The van der Waals surface area contributed by atoms with E-state index in [1.807, 2.05) is 10.9 Å². The molecule has 2 aliphatic rings. The van der Waals surface area contributed by atoms with Crippen molar-refractivity contribution < 1.29 is 9.18 Å². The first kappa shape index (κ1) is 14.7. The van der Waals surface area contributed by atoms with Gasteiger partial charge in [0.15, 0.2) is 11.4 Å². The van der Waals surface area contributed by atoms with Crippen molar-refractivity contribution in [1.29, 1.82) is 0 Å². The molecular weight excluding hydrogens is 319 g/mol. The van der Waals surface area contributed by atoms with Crippen molar-refractivity contribution in [2.24, 2.45) is 0 Å². The van der Waals surface area contributed by atoms with Crippen molar-refractivity contribution in [3.63, 3.8) is 0 Å². The van der Waals surface area contributed by atoms with E-state index in [1.165, 1.54) is 31.3 Å². The Kier molecular flexibility index (Phi) is 3.20. The zero-order valence-electron chi connectivity index (χ0n) is 13.7. The average Bonchev–Trinajstić information content (AvgIpc) is 3.31. The van der Waals surface area contributed by atoms with Crippen LogP contribution in [0.15, 0.2) is 30.7 Å². The van der Waals surface area contributed by atoms with Crippen molar-refractivity contribution in [3.8, 4) is 0 Å². The van der Waals surface area contributed by atoms with Gasteiger partial charge in [0.25, 0.3) is 0 Å². The fourth-order valence-electron chi connectivity index (χ4n) is 4.23. The highest BCUT2D eigenvalue weighted by Crippen LogP contribution is 2.38. The van der Waals surface area contributed by atoms with Crippen molar-refractivity contribution in [1.82, 2.24) is 19.7 Å². The third kappa shape index (κ3) is 2.27. The van der Waals surface area contributed by atoms with Gasteiger partial charge in [-0.05, 0) is 36.1 Å². The van der Waals surface area contributed by atoms with Gasteiger partial charge in [0.2, 0.25) is 0 Å². The zero-order chi connectivity index (χ0) is 17.0. The van der Waals surface area contributed by atoms with Crippen molar-refractivity contribution in [2.45, 2.75) is 44.1 Å². The molecule has 2 aliphatic carbocycles. The Morgan fingerprint density at radius 3 is 2.84 bits per heavy atom. The van der Waals surface area contributed by atoms with Crippen LogP contribution in [0.4, 0.5) is 4.39 Å². The summed E-state index contributed by atoms with van der Waals surface area (Å²) in [7, 11) is 0. The highest BCUT2D eigenvalue weighted by Gasteiger charge is 2.35. The molecule has 2 heterocycles. The summed E-state index contributed by atoms with van der Waals surface area (Å²) in [5, 5.41) is 5.44. The molecule has 126 valence electrons. The van der Waals surface area contributed by atoms with Crippen LogP contribution in [0.1, 0.15) is 54.5 Å². The Morgan fingerprint density at radius 1 is 1.16 bits per heavy atom. The molecule has 0 saturated heterocycles. The van der Waals surface area contributed by atoms with E-state index < -0.39 is 5.92 Å². The van der Waals surface area contributed by atoms with Gasteiger partial charge in [-0.15, -0.1) is 0 Å². The summed E-state index contributed by atoms with van der Waals surface area (Å²) in [4.78, 5) is 21.3. The summed E-state index contributed by atoms with van der Waals surface area (Å²) in [6.07, 6.45) is 8.40. The maximum atomic E-state index is 13.5. The van der Waals surface area contributed by atoms with Crippen LogP contribution in [0.25, 0.3) is 11.0 Å². The number of benzene rings is 1. The third-order valence-corrected chi connectivity index (χ3v) is 5.44. The first-order valence-corrected chi connectivity index (χ1v) is 8.71. The van der Waals surface area contributed by atoms with Gasteiger partial charge in [0.1, 0.15) is 12.1 Å². The number of carbonyl (C=O) groups excluding carboxylic acids is 1. The lowest BCUT2D eigenvalue weighted by atomic mass is 9.95. The molecule has 5 nitrogen and oxygen atoms in total. The minimum atomic E-state index is -0.456. The van der Waals surface area contributed by atoms with Crippen LogP contribution in [-0.2, 0) is 11.2 Å². The molecule has 1 atom stereocenters. The lowest BCUT2D eigenvalue weighted by Gasteiger charge is -2.10. The lowest BCUT2D eigenvalue weighted by molar-refractivity contribution is -0.118. The summed E-state index contributed by atoms with van der Waals surface area (Å²) >= 11 is 0. The molecule has 5 rings (SSSR count). The van der Waals surface area contributed by atoms with Crippen LogP contribution in [0.5, 0.6) is 0 Å². The minimum Gasteiger partial charge on any atom is -0.298 e. The van der Waals surface area contributed by atoms with E-state index in [4.69, 9.17) is 0 Å². The first-order chi connectivity index (χ1) is 12.2. The number of fused-ring (bicyclic) bond motifs is 2. The largest absolute Gasteiger partial charge is 0.298 e. The second-order valence-electron chi connectivity index (χ2n) is 6.96. The standard InChI is InChI=1S/C19H17FN4O/c20-12-5-6-14-11(7-12)8-16(25)17(14)18-15-9-24(13-3-1-2-4-13)23-19(15)22-10-21-18/h5-7,9-10,13,17H,1-4,8H2. The Bertz CT molecular complexity index is 990. The predicted octanol–water partition coefficient (Wildman–Crippen LogP) is 3.34. The van der Waals surface area contributed by atoms with E-state index in [0.717, 1.165) is 29.4 Å². The molecule has 0 bridgehead atoms. The number of hydrogen-bond acceptors (Lipinski definition) is 4. The lowest BCUT2D eigenvalue weighted by Crippen LogP contribution is -2.10. The number of halogens is 1. The van der Waals surface area contributed by atoms with Gasteiger partial charge in [-0.3, -0.25) is 9.48 Å². The molecule has 0 aliphatic heterocycles. The van der Waals surface area contributed by atoms with Crippen LogP contribution in [0, 0.1) is 5.82 Å². The van der Waals surface area contributed by atoms with Gasteiger partial charge in [0.05, 0.1) is 23.0 Å². The van der Waals surface area contributed by atoms with E-state index in [9.17, 15) is 9.18 Å². The molecule has 1 aromatic carbocycles. The van der Waals surface area contributed by atoms with Crippen LogP contribution in [0.3, 0.4) is 0 Å². The fourth-order valence-corrected chi connectivity index (χ4v) is 4.23. The fraction of sp³-hybridized carbons (Fsp3) is 0.368. The van der Waals surface area contributed by atoms with Gasteiger partial charge >= 0.3 is 0 Å². The molecule has 1 unspecified atom stereocenters. The van der Waals surface area contributed by atoms with E-state index in [2.05, 4.69) is 15.1 Å².